The van der Waals surface area contributed by atoms with Crippen LogP contribution in [-0.2, 0) is 10.2 Å². The Morgan fingerprint density at radius 3 is 2.65 bits per heavy atom. The van der Waals surface area contributed by atoms with E-state index in [4.69, 9.17) is 14.7 Å². The van der Waals surface area contributed by atoms with E-state index in [1.807, 2.05) is 0 Å². The molecule has 0 aliphatic carbocycles. The number of nitrogens with one attached hydrogen (secondary N) is 1. The third-order valence-electron chi connectivity index (χ3n) is 4.31. The minimum atomic E-state index is 0.0420. The van der Waals surface area contributed by atoms with Crippen molar-refractivity contribution < 1.29 is 4.74 Å². The number of fused-ring (bicyclic) bond motifs is 2. The average Bonchev–Trinajstić information content (AvgIpc) is 3.00. The van der Waals surface area contributed by atoms with Crippen molar-refractivity contribution >= 4 is 5.82 Å². The second kappa shape index (κ2) is 4.99. The van der Waals surface area contributed by atoms with Gasteiger partial charge in [0.25, 0.3) is 0 Å². The second-order valence-corrected chi connectivity index (χ2v) is 6.99. The van der Waals surface area contributed by atoms with E-state index >= 15 is 0 Å². The number of hydrogen-bond acceptors (Lipinski definition) is 4. The van der Waals surface area contributed by atoms with Crippen LogP contribution in [0, 0.1) is 0 Å². The van der Waals surface area contributed by atoms with Gasteiger partial charge in [-0.05, 0) is 26.2 Å². The molecule has 0 saturated carbocycles. The molecule has 4 nitrogen and oxygen atoms in total. The summed E-state index contributed by atoms with van der Waals surface area (Å²) in [6, 6.07) is 2.08. The van der Waals surface area contributed by atoms with E-state index in [2.05, 4.69) is 39.1 Å². The highest BCUT2D eigenvalue weighted by Gasteiger charge is 2.43. The molecule has 20 heavy (non-hydrogen) atoms. The Morgan fingerprint density at radius 1 is 1.30 bits per heavy atom. The van der Waals surface area contributed by atoms with Crippen molar-refractivity contribution in [1.29, 1.82) is 0 Å². The first-order valence-electron chi connectivity index (χ1n) is 7.76. The van der Waals surface area contributed by atoms with Gasteiger partial charge in [-0.25, -0.2) is 9.97 Å². The maximum atomic E-state index is 5.96. The minimum Gasteiger partial charge on any atom is -0.374 e. The van der Waals surface area contributed by atoms with E-state index in [0.29, 0.717) is 18.1 Å². The lowest BCUT2D eigenvalue weighted by molar-refractivity contribution is 0.0998. The summed E-state index contributed by atoms with van der Waals surface area (Å²) < 4.78 is 5.96. The summed E-state index contributed by atoms with van der Waals surface area (Å²) >= 11 is 0. The van der Waals surface area contributed by atoms with E-state index in [9.17, 15) is 0 Å². The van der Waals surface area contributed by atoms with Crippen LogP contribution in [0.5, 0.6) is 0 Å². The lowest BCUT2D eigenvalue weighted by Gasteiger charge is -2.23. The largest absolute Gasteiger partial charge is 0.374 e. The molecule has 1 aromatic rings. The van der Waals surface area contributed by atoms with Crippen LogP contribution >= 0.6 is 0 Å². The molecule has 0 aromatic carbocycles. The van der Waals surface area contributed by atoms with E-state index in [1.165, 1.54) is 6.42 Å². The highest BCUT2D eigenvalue weighted by molar-refractivity contribution is 5.38. The normalized spacial score (nSPS) is 28.9. The Labute approximate surface area is 121 Å². The van der Waals surface area contributed by atoms with Crippen LogP contribution in [0.15, 0.2) is 6.07 Å². The fourth-order valence-electron chi connectivity index (χ4n) is 3.20. The highest BCUT2D eigenvalue weighted by atomic mass is 16.5. The molecule has 0 spiro atoms. The van der Waals surface area contributed by atoms with Gasteiger partial charge in [0.05, 0.1) is 17.9 Å². The van der Waals surface area contributed by atoms with Crippen LogP contribution in [0.3, 0.4) is 0 Å². The number of anilines is 1. The summed E-state index contributed by atoms with van der Waals surface area (Å²) in [6.45, 7) is 9.58. The molecule has 2 aliphatic heterocycles. The summed E-state index contributed by atoms with van der Waals surface area (Å²) in [4.78, 5) is 9.59. The molecule has 3 unspecified atom stereocenters. The molecule has 110 valence electrons. The van der Waals surface area contributed by atoms with Crippen LogP contribution in [0.2, 0.25) is 0 Å². The van der Waals surface area contributed by atoms with Crippen LogP contribution in [0.25, 0.3) is 0 Å². The van der Waals surface area contributed by atoms with Crippen molar-refractivity contribution in [2.75, 3.05) is 11.9 Å². The molecule has 2 aliphatic rings. The number of aromatic nitrogens is 2. The van der Waals surface area contributed by atoms with Gasteiger partial charge in [0.2, 0.25) is 0 Å². The molecule has 1 aromatic heterocycles. The van der Waals surface area contributed by atoms with Gasteiger partial charge < -0.3 is 10.1 Å². The molecule has 3 atom stereocenters. The molecule has 4 heteroatoms. The van der Waals surface area contributed by atoms with Gasteiger partial charge in [0.1, 0.15) is 11.6 Å². The Kier molecular flexibility index (Phi) is 3.44. The summed E-state index contributed by atoms with van der Waals surface area (Å²) in [5, 5.41) is 3.34. The van der Waals surface area contributed by atoms with Crippen molar-refractivity contribution in [2.24, 2.45) is 0 Å². The summed E-state index contributed by atoms with van der Waals surface area (Å²) in [6.07, 6.45) is 4.23. The third kappa shape index (κ3) is 2.53. The topological polar surface area (TPSA) is 47.0 Å². The van der Waals surface area contributed by atoms with Gasteiger partial charge in [-0.1, -0.05) is 20.8 Å². The molecule has 3 heterocycles. The lowest BCUT2D eigenvalue weighted by atomic mass is 9.87. The predicted octanol–water partition coefficient (Wildman–Crippen LogP) is 3.24. The minimum absolute atomic E-state index is 0.0420. The van der Waals surface area contributed by atoms with Crippen LogP contribution in [-0.4, -0.2) is 28.7 Å². The Morgan fingerprint density at radius 2 is 2.10 bits per heavy atom. The lowest BCUT2D eigenvalue weighted by Crippen LogP contribution is -2.22. The zero-order chi connectivity index (χ0) is 14.3. The van der Waals surface area contributed by atoms with Crippen molar-refractivity contribution in [3.05, 3.63) is 17.6 Å². The molecular formula is C16H25N3O. The van der Waals surface area contributed by atoms with Crippen molar-refractivity contribution in [2.45, 2.75) is 70.5 Å². The van der Waals surface area contributed by atoms with Gasteiger partial charge in [-0.15, -0.1) is 0 Å². The van der Waals surface area contributed by atoms with E-state index in [1.54, 1.807) is 0 Å². The second-order valence-electron chi connectivity index (χ2n) is 6.99. The molecular weight excluding hydrogens is 250 g/mol. The van der Waals surface area contributed by atoms with Gasteiger partial charge in [0, 0.05) is 23.9 Å². The van der Waals surface area contributed by atoms with Crippen LogP contribution < -0.4 is 5.32 Å². The molecule has 0 amide bonds. The van der Waals surface area contributed by atoms with Crippen molar-refractivity contribution in [3.63, 3.8) is 0 Å². The summed E-state index contributed by atoms with van der Waals surface area (Å²) in [7, 11) is 0. The van der Waals surface area contributed by atoms with Crippen molar-refractivity contribution in [1.82, 2.24) is 9.97 Å². The van der Waals surface area contributed by atoms with E-state index < -0.39 is 0 Å². The zero-order valence-electron chi connectivity index (χ0n) is 12.9. The first-order chi connectivity index (χ1) is 9.47. The third-order valence-corrected chi connectivity index (χ3v) is 4.31. The molecule has 0 radical (unpaired) electrons. The molecule has 1 N–H and O–H groups in total. The van der Waals surface area contributed by atoms with Gasteiger partial charge in [0.15, 0.2) is 0 Å². The Bertz CT molecular complexity index is 495. The van der Waals surface area contributed by atoms with Gasteiger partial charge in [-0.2, -0.15) is 0 Å². The highest BCUT2D eigenvalue weighted by Crippen LogP contribution is 2.43. The van der Waals surface area contributed by atoms with E-state index in [0.717, 1.165) is 36.7 Å². The number of ether oxygens (including phenoxy) is 1. The number of hydrogen-bond donors (Lipinski definition) is 1. The smallest absolute Gasteiger partial charge is 0.136 e. The SMILES string of the molecule is CCNc1cc(C(C)(C)C)nc(C2CC3CCC2O3)n1. The standard InChI is InChI=1S/C16H25N3O/c1-5-17-14-9-13(16(2,3)4)18-15(19-14)11-8-10-6-7-12(11)20-10/h9-12H,5-8H2,1-4H3,(H,17,18,19). The molecule has 3 rings (SSSR count). The zero-order valence-corrected chi connectivity index (χ0v) is 12.9. The van der Waals surface area contributed by atoms with Crippen LogP contribution in [0.1, 0.15) is 64.4 Å². The average molecular weight is 275 g/mol. The fraction of sp³-hybridized carbons (Fsp3) is 0.750. The first kappa shape index (κ1) is 13.8. The number of rotatable bonds is 3. The number of nitrogens with zero attached hydrogens (tertiary/aromatic N) is 2. The maximum absolute atomic E-state index is 5.96. The Hall–Kier alpha value is -1.16. The Balaban J connectivity index is 1.95. The predicted molar refractivity (Wildman–Crippen MR) is 80.1 cm³/mol. The molecule has 2 bridgehead atoms. The quantitative estimate of drug-likeness (QED) is 0.920. The monoisotopic (exact) mass is 275 g/mol. The van der Waals surface area contributed by atoms with Crippen molar-refractivity contribution in [3.8, 4) is 0 Å². The molecule has 2 saturated heterocycles. The first-order valence-corrected chi connectivity index (χ1v) is 7.76. The fourth-order valence-corrected chi connectivity index (χ4v) is 3.20. The molecule has 2 fully saturated rings. The summed E-state index contributed by atoms with van der Waals surface area (Å²) in [5.41, 5.74) is 1.15. The van der Waals surface area contributed by atoms with Crippen LogP contribution in [0.4, 0.5) is 5.82 Å². The van der Waals surface area contributed by atoms with Gasteiger partial charge in [-0.3, -0.25) is 0 Å². The summed E-state index contributed by atoms with van der Waals surface area (Å²) in [5.74, 6) is 2.30. The maximum Gasteiger partial charge on any atom is 0.136 e. The van der Waals surface area contributed by atoms with Gasteiger partial charge >= 0.3 is 0 Å². The van der Waals surface area contributed by atoms with E-state index in [-0.39, 0.29) is 5.41 Å².